The quantitative estimate of drug-likeness (QED) is 0.400. The SMILES string of the molecule is O[C@@H]1[C@H](O)CCC[C@H]1Nc1nc2ccc(Cn3cnc4cc(OC5CCO5)ccc43)cc2s1. The summed E-state index contributed by atoms with van der Waals surface area (Å²) in [6.07, 6.45) is 3.58. The predicted octanol–water partition coefficient (Wildman–Crippen LogP) is 3.51. The molecule has 2 aromatic heterocycles. The first kappa shape index (κ1) is 20.9. The third-order valence-corrected chi connectivity index (χ3v) is 7.40. The number of hydrogen-bond donors (Lipinski definition) is 3. The number of aliphatic hydroxyl groups excluding tert-OH is 2. The Morgan fingerprint density at radius 1 is 1.12 bits per heavy atom. The van der Waals surface area contributed by atoms with Crippen LogP contribution in [0.4, 0.5) is 5.13 Å². The van der Waals surface area contributed by atoms with Gasteiger partial charge in [0, 0.05) is 19.0 Å². The van der Waals surface area contributed by atoms with Crippen LogP contribution in [-0.4, -0.2) is 55.9 Å². The van der Waals surface area contributed by atoms with Crippen LogP contribution in [-0.2, 0) is 11.3 Å². The zero-order valence-corrected chi connectivity index (χ0v) is 18.9. The molecule has 1 saturated heterocycles. The smallest absolute Gasteiger partial charge is 0.202 e. The van der Waals surface area contributed by atoms with E-state index in [9.17, 15) is 10.2 Å². The number of nitrogens with zero attached hydrogens (tertiary/aromatic N) is 3. The fraction of sp³-hybridized carbons (Fsp3) is 0.417. The van der Waals surface area contributed by atoms with Crippen molar-refractivity contribution in [1.82, 2.24) is 14.5 Å². The lowest BCUT2D eigenvalue weighted by molar-refractivity contribution is -0.165. The fourth-order valence-electron chi connectivity index (χ4n) is 4.50. The maximum absolute atomic E-state index is 10.3. The molecule has 1 aliphatic heterocycles. The molecule has 9 heteroatoms. The van der Waals surface area contributed by atoms with Crippen LogP contribution in [0, 0.1) is 0 Å². The van der Waals surface area contributed by atoms with Crippen LogP contribution < -0.4 is 10.1 Å². The summed E-state index contributed by atoms with van der Waals surface area (Å²) in [5.74, 6) is 0.777. The highest BCUT2D eigenvalue weighted by molar-refractivity contribution is 7.22. The number of aliphatic hydroxyl groups is 2. The van der Waals surface area contributed by atoms with E-state index in [-0.39, 0.29) is 12.3 Å². The predicted molar refractivity (Wildman–Crippen MR) is 127 cm³/mol. The molecule has 0 radical (unpaired) electrons. The van der Waals surface area contributed by atoms with E-state index in [1.807, 2.05) is 30.6 Å². The minimum atomic E-state index is -0.761. The molecule has 1 aliphatic carbocycles. The number of imidazole rings is 1. The Morgan fingerprint density at radius 2 is 2.03 bits per heavy atom. The van der Waals surface area contributed by atoms with Crippen molar-refractivity contribution in [2.75, 3.05) is 11.9 Å². The molecule has 3 N–H and O–H groups in total. The number of ether oxygens (including phenoxy) is 2. The third kappa shape index (κ3) is 4.17. The third-order valence-electron chi connectivity index (χ3n) is 6.45. The zero-order valence-electron chi connectivity index (χ0n) is 18.1. The van der Waals surface area contributed by atoms with E-state index < -0.39 is 12.2 Å². The van der Waals surface area contributed by atoms with Gasteiger partial charge in [-0.25, -0.2) is 9.97 Å². The first-order valence-electron chi connectivity index (χ1n) is 11.4. The molecule has 4 aromatic rings. The van der Waals surface area contributed by atoms with E-state index in [1.54, 1.807) is 11.3 Å². The van der Waals surface area contributed by atoms with Crippen LogP contribution in [0.3, 0.4) is 0 Å². The van der Waals surface area contributed by atoms with Crippen molar-refractivity contribution in [3.63, 3.8) is 0 Å². The first-order chi connectivity index (χ1) is 16.1. The maximum Gasteiger partial charge on any atom is 0.202 e. The molecule has 0 spiro atoms. The van der Waals surface area contributed by atoms with Gasteiger partial charge in [0.05, 0.1) is 52.4 Å². The summed E-state index contributed by atoms with van der Waals surface area (Å²) in [4.78, 5) is 9.22. The number of thiazole rings is 1. The number of hydrogen-bond acceptors (Lipinski definition) is 8. The normalized spacial score (nSPS) is 25.3. The lowest BCUT2D eigenvalue weighted by Crippen LogP contribution is -2.45. The summed E-state index contributed by atoms with van der Waals surface area (Å²) in [5, 5.41) is 24.3. The fourth-order valence-corrected chi connectivity index (χ4v) is 5.49. The first-order valence-corrected chi connectivity index (χ1v) is 12.2. The van der Waals surface area contributed by atoms with Crippen LogP contribution in [0.2, 0.25) is 0 Å². The number of nitrogens with one attached hydrogen (secondary N) is 1. The Hall–Kier alpha value is -2.72. The van der Waals surface area contributed by atoms with Crippen LogP contribution in [0.1, 0.15) is 31.2 Å². The number of benzene rings is 2. The molecule has 2 fully saturated rings. The van der Waals surface area contributed by atoms with Crippen molar-refractivity contribution in [1.29, 1.82) is 0 Å². The molecule has 1 unspecified atom stereocenters. The molecular formula is C24H26N4O4S. The van der Waals surface area contributed by atoms with Gasteiger partial charge in [-0.1, -0.05) is 17.4 Å². The van der Waals surface area contributed by atoms with Crippen molar-refractivity contribution >= 4 is 37.7 Å². The van der Waals surface area contributed by atoms with Crippen molar-refractivity contribution in [2.45, 2.75) is 56.8 Å². The Balaban J connectivity index is 1.19. The lowest BCUT2D eigenvalue weighted by atomic mass is 9.90. The second-order valence-electron chi connectivity index (χ2n) is 8.79. The van der Waals surface area contributed by atoms with Crippen molar-refractivity contribution < 1.29 is 19.7 Å². The van der Waals surface area contributed by atoms with Gasteiger partial charge in [-0.2, -0.15) is 0 Å². The van der Waals surface area contributed by atoms with Gasteiger partial charge in [-0.05, 0) is 49.1 Å². The van der Waals surface area contributed by atoms with Crippen LogP contribution in [0.25, 0.3) is 21.3 Å². The highest BCUT2D eigenvalue weighted by atomic mass is 32.1. The van der Waals surface area contributed by atoms with Gasteiger partial charge in [0.25, 0.3) is 0 Å². The van der Waals surface area contributed by atoms with Gasteiger partial charge in [-0.15, -0.1) is 0 Å². The number of aromatic nitrogens is 3. The standard InChI is InChI=1S/C24H26N4O4S/c29-20-3-1-2-17(23(20)30)27-24-26-16-6-4-14(10-21(16)33-24)12-28-13-25-18-11-15(5-7-19(18)28)32-22-8-9-31-22/h4-7,10-11,13,17,20,22-23,29-30H,1-3,8-9,12H2,(H,26,27)/t17-,20-,22?,23+/m1/s1. The molecule has 6 rings (SSSR count). The zero-order chi connectivity index (χ0) is 22.4. The summed E-state index contributed by atoms with van der Waals surface area (Å²) in [7, 11) is 0. The molecule has 2 aliphatic rings. The Morgan fingerprint density at radius 3 is 2.88 bits per heavy atom. The minimum Gasteiger partial charge on any atom is -0.465 e. The Labute approximate surface area is 194 Å². The summed E-state index contributed by atoms with van der Waals surface area (Å²) in [5.41, 5.74) is 4.03. The maximum atomic E-state index is 10.3. The van der Waals surface area contributed by atoms with E-state index in [0.29, 0.717) is 13.0 Å². The summed E-state index contributed by atoms with van der Waals surface area (Å²) >= 11 is 1.57. The van der Waals surface area contributed by atoms with E-state index in [0.717, 1.165) is 63.6 Å². The molecule has 172 valence electrons. The van der Waals surface area contributed by atoms with Crippen LogP contribution >= 0.6 is 11.3 Å². The van der Waals surface area contributed by atoms with Gasteiger partial charge in [0.15, 0.2) is 5.13 Å². The van der Waals surface area contributed by atoms with Gasteiger partial charge < -0.3 is 29.6 Å². The largest absolute Gasteiger partial charge is 0.465 e. The number of anilines is 1. The van der Waals surface area contributed by atoms with E-state index in [4.69, 9.17) is 9.47 Å². The summed E-state index contributed by atoms with van der Waals surface area (Å²) in [6.45, 7) is 1.46. The average molecular weight is 467 g/mol. The summed E-state index contributed by atoms with van der Waals surface area (Å²) in [6, 6.07) is 12.0. The van der Waals surface area contributed by atoms with E-state index >= 15 is 0 Å². The van der Waals surface area contributed by atoms with Crippen molar-refractivity contribution in [3.05, 3.63) is 48.3 Å². The molecule has 8 nitrogen and oxygen atoms in total. The molecule has 1 saturated carbocycles. The number of rotatable bonds is 6. The molecule has 2 aromatic carbocycles. The molecule has 33 heavy (non-hydrogen) atoms. The molecular weight excluding hydrogens is 440 g/mol. The Bertz CT molecular complexity index is 1280. The molecule has 4 atom stereocenters. The van der Waals surface area contributed by atoms with Gasteiger partial charge >= 0.3 is 0 Å². The monoisotopic (exact) mass is 466 g/mol. The van der Waals surface area contributed by atoms with Gasteiger partial charge in [-0.3, -0.25) is 0 Å². The molecule has 0 bridgehead atoms. The van der Waals surface area contributed by atoms with Crippen molar-refractivity contribution in [2.24, 2.45) is 0 Å². The second-order valence-corrected chi connectivity index (χ2v) is 9.82. The summed E-state index contributed by atoms with van der Waals surface area (Å²) < 4.78 is 14.3. The Kier molecular flexibility index (Phi) is 5.41. The number of fused-ring (bicyclic) bond motifs is 2. The topological polar surface area (TPSA) is 102 Å². The second kappa shape index (κ2) is 8.57. The van der Waals surface area contributed by atoms with E-state index in [2.05, 4.69) is 32.0 Å². The van der Waals surface area contributed by atoms with Crippen LogP contribution in [0.5, 0.6) is 5.75 Å². The van der Waals surface area contributed by atoms with Crippen molar-refractivity contribution in [3.8, 4) is 5.75 Å². The van der Waals surface area contributed by atoms with E-state index in [1.165, 1.54) is 0 Å². The van der Waals surface area contributed by atoms with Crippen LogP contribution in [0.15, 0.2) is 42.7 Å². The highest BCUT2D eigenvalue weighted by Gasteiger charge is 2.30. The van der Waals surface area contributed by atoms with Gasteiger partial charge in [0.2, 0.25) is 6.29 Å². The minimum absolute atomic E-state index is 0.138. The van der Waals surface area contributed by atoms with Gasteiger partial charge in [0.1, 0.15) is 5.75 Å². The lowest BCUT2D eigenvalue weighted by Gasteiger charge is -2.32. The molecule has 3 heterocycles. The molecule has 0 amide bonds. The average Bonchev–Trinajstić information content (AvgIpc) is 3.37. The highest BCUT2D eigenvalue weighted by Crippen LogP contribution is 2.31.